The van der Waals surface area contributed by atoms with E-state index in [1.807, 2.05) is 0 Å². The molecule has 31 heavy (non-hydrogen) atoms. The maximum Gasteiger partial charge on any atom is 0.249 e. The highest BCUT2D eigenvalue weighted by Gasteiger charge is 2.29. The molecule has 0 radical (unpaired) electrons. The van der Waals surface area contributed by atoms with E-state index in [0.29, 0.717) is 0 Å². The third-order valence-corrected chi connectivity index (χ3v) is 7.12. The lowest BCUT2D eigenvalue weighted by Gasteiger charge is -2.20. The van der Waals surface area contributed by atoms with Crippen molar-refractivity contribution in [3.05, 3.63) is 90.0 Å². The molecule has 164 valence electrons. The largest absolute Gasteiger partial charge is 0.565 e. The maximum absolute atomic E-state index is 8.44. The van der Waals surface area contributed by atoms with Crippen LogP contribution in [0.5, 0.6) is 0 Å². The molecule has 3 rings (SSSR count). The van der Waals surface area contributed by atoms with Crippen molar-refractivity contribution in [2.45, 2.75) is 67.1 Å². The second-order valence-corrected chi connectivity index (χ2v) is 11.5. The van der Waals surface area contributed by atoms with E-state index in [-0.39, 0.29) is 21.7 Å². The van der Waals surface area contributed by atoms with Crippen LogP contribution < -0.4 is 5.11 Å². The van der Waals surface area contributed by atoms with Crippen molar-refractivity contribution in [2.75, 3.05) is 0 Å². The summed E-state index contributed by atoms with van der Waals surface area (Å²) in [6, 6.07) is 29.3. The Hall–Kier alpha value is -2.72. The number of rotatable bonds is 3. The molecule has 1 N–H and O–H groups in total. The van der Waals surface area contributed by atoms with Gasteiger partial charge in [-0.25, -0.2) is 0 Å². The van der Waals surface area contributed by atoms with Crippen LogP contribution in [-0.2, 0) is 21.7 Å². The zero-order valence-corrected chi connectivity index (χ0v) is 20.0. The summed E-state index contributed by atoms with van der Waals surface area (Å²) in [7, 11) is -0.0847. The molecular weight excluding hydrogens is 404 g/mol. The van der Waals surface area contributed by atoms with Crippen LogP contribution in [0.3, 0.4) is 0 Å². The molecule has 0 bridgehead atoms. The molecule has 0 atom stereocenters. The predicted molar refractivity (Wildman–Crippen MR) is 127 cm³/mol. The summed E-state index contributed by atoms with van der Waals surface area (Å²) in [5, 5.41) is 15.3. The summed E-state index contributed by atoms with van der Waals surface area (Å²) in [5.74, 6) is 0. The number of benzene rings is 3. The normalized spacial score (nSPS) is 11.6. The Labute approximate surface area is 189 Å². The zero-order valence-electron chi connectivity index (χ0n) is 19.2. The fourth-order valence-electron chi connectivity index (χ4n) is 3.15. The molecule has 0 aliphatic heterocycles. The first-order chi connectivity index (χ1) is 14.4. The Morgan fingerprint density at radius 3 is 1.23 bits per heavy atom. The highest BCUT2D eigenvalue weighted by atomic mass is 32.2. The molecule has 0 saturated carbocycles. The van der Waals surface area contributed by atoms with Gasteiger partial charge in [0, 0.05) is 0 Å². The highest BCUT2D eigenvalue weighted by Crippen LogP contribution is 2.34. The summed E-state index contributed by atoms with van der Waals surface area (Å²) in [6.07, 6.45) is -2.08. The van der Waals surface area contributed by atoms with Crippen molar-refractivity contribution in [3.8, 4) is 0 Å². The van der Waals surface area contributed by atoms with E-state index in [1.54, 1.807) is 0 Å². The first-order valence-electron chi connectivity index (χ1n) is 10.3. The van der Waals surface area contributed by atoms with Gasteiger partial charge in [0.2, 0.25) is 6.16 Å². The van der Waals surface area contributed by atoms with Gasteiger partial charge < -0.3 is 15.0 Å². The average molecular weight is 437 g/mol. The van der Waals surface area contributed by atoms with Crippen molar-refractivity contribution < 1.29 is 15.0 Å². The third-order valence-electron chi connectivity index (χ3n) is 4.89. The summed E-state index contributed by atoms with van der Waals surface area (Å²) in [6.45, 7) is 13.6. The Bertz CT molecular complexity index is 903. The van der Waals surface area contributed by atoms with E-state index in [9.17, 15) is 0 Å². The van der Waals surface area contributed by atoms with E-state index in [2.05, 4.69) is 120 Å². The molecule has 3 aromatic rings. The molecule has 4 heteroatoms. The summed E-state index contributed by atoms with van der Waals surface area (Å²) < 4.78 is 0. The van der Waals surface area contributed by atoms with Gasteiger partial charge in [-0.15, -0.1) is 0 Å². The SMILES string of the molecule is CC(C)(C)c1ccc([S+](c2ccccc2)c2ccc(C(C)(C)C)cc2)cc1.O=C([O-])O. The fraction of sp³-hybridized carbons (Fsp3) is 0.296. The van der Waals surface area contributed by atoms with Gasteiger partial charge in [0.1, 0.15) is 0 Å². The molecule has 0 spiro atoms. The van der Waals surface area contributed by atoms with E-state index in [0.717, 1.165) is 0 Å². The lowest BCUT2D eigenvalue weighted by Crippen LogP contribution is -2.17. The summed E-state index contributed by atoms with van der Waals surface area (Å²) in [4.78, 5) is 12.6. The minimum absolute atomic E-state index is 0.0847. The number of carbonyl (C=O) groups is 1. The van der Waals surface area contributed by atoms with Crippen molar-refractivity contribution in [1.82, 2.24) is 0 Å². The zero-order chi connectivity index (χ0) is 23.2. The second-order valence-electron chi connectivity index (χ2n) is 9.43. The molecule has 3 nitrogen and oxygen atoms in total. The van der Waals surface area contributed by atoms with Gasteiger partial charge in [-0.2, -0.15) is 0 Å². The molecule has 0 fully saturated rings. The Morgan fingerprint density at radius 2 is 0.935 bits per heavy atom. The quantitative estimate of drug-likeness (QED) is 0.493. The number of hydrogen-bond donors (Lipinski definition) is 1. The molecular formula is C27H32O3S. The van der Waals surface area contributed by atoms with Gasteiger partial charge in [-0.1, -0.05) is 84.0 Å². The van der Waals surface area contributed by atoms with Crippen molar-refractivity contribution in [1.29, 1.82) is 0 Å². The summed E-state index contributed by atoms with van der Waals surface area (Å²) in [5.41, 5.74) is 3.12. The first kappa shape index (κ1) is 24.5. The third kappa shape index (κ3) is 7.18. The van der Waals surface area contributed by atoms with Crippen LogP contribution in [0.25, 0.3) is 0 Å². The molecule has 0 unspecified atom stereocenters. The number of carboxylic acid groups (broad SMARTS) is 2. The second kappa shape index (κ2) is 10.1. The fourth-order valence-corrected chi connectivity index (χ4v) is 5.21. The van der Waals surface area contributed by atoms with Gasteiger partial charge in [-0.3, -0.25) is 0 Å². The standard InChI is InChI=1S/C26H31S.CH2O3/c1-25(2,3)20-12-16-23(17-13-20)27(22-10-8-7-9-11-22)24-18-14-21(15-19-24)26(4,5)6;2-1(3)4/h7-19H,1-6H3;(H2,2,3,4)/q+1;/p-1. The van der Waals surface area contributed by atoms with Gasteiger partial charge >= 0.3 is 0 Å². The van der Waals surface area contributed by atoms with Crippen molar-refractivity contribution in [3.63, 3.8) is 0 Å². The molecule has 0 aromatic heterocycles. The lowest BCUT2D eigenvalue weighted by molar-refractivity contribution is -0.275. The minimum atomic E-state index is -2.08. The van der Waals surface area contributed by atoms with Gasteiger partial charge in [0.15, 0.2) is 14.7 Å². The Balaban J connectivity index is 0.000000785. The van der Waals surface area contributed by atoms with Gasteiger partial charge in [-0.05, 0) is 58.4 Å². The highest BCUT2D eigenvalue weighted by molar-refractivity contribution is 7.97. The van der Waals surface area contributed by atoms with Gasteiger partial charge in [0.05, 0.1) is 10.9 Å². The van der Waals surface area contributed by atoms with Crippen LogP contribution in [0.15, 0.2) is 93.5 Å². The van der Waals surface area contributed by atoms with E-state index >= 15 is 0 Å². The van der Waals surface area contributed by atoms with Crippen LogP contribution in [0.4, 0.5) is 4.79 Å². The monoisotopic (exact) mass is 436 g/mol. The van der Waals surface area contributed by atoms with E-state index in [4.69, 9.17) is 15.0 Å². The Kier molecular flexibility index (Phi) is 7.96. The Morgan fingerprint density at radius 1 is 0.645 bits per heavy atom. The van der Waals surface area contributed by atoms with Crippen molar-refractivity contribution >= 4 is 17.1 Å². The van der Waals surface area contributed by atoms with Crippen LogP contribution >= 0.6 is 0 Å². The van der Waals surface area contributed by atoms with E-state index < -0.39 is 6.16 Å². The van der Waals surface area contributed by atoms with Crippen LogP contribution in [0.2, 0.25) is 0 Å². The van der Waals surface area contributed by atoms with Crippen LogP contribution in [0.1, 0.15) is 52.7 Å². The lowest BCUT2D eigenvalue weighted by atomic mass is 9.87. The molecule has 0 aliphatic rings. The first-order valence-corrected chi connectivity index (χ1v) is 11.5. The molecule has 3 aromatic carbocycles. The average Bonchev–Trinajstić information content (AvgIpc) is 2.68. The predicted octanol–water partition coefficient (Wildman–Crippen LogP) is 6.26. The van der Waals surface area contributed by atoms with Crippen molar-refractivity contribution in [2.24, 2.45) is 0 Å². The summed E-state index contributed by atoms with van der Waals surface area (Å²) >= 11 is 0. The van der Waals surface area contributed by atoms with E-state index in [1.165, 1.54) is 25.8 Å². The van der Waals surface area contributed by atoms with Crippen LogP contribution in [-0.4, -0.2) is 11.3 Å². The topological polar surface area (TPSA) is 60.4 Å². The molecule has 0 heterocycles. The molecule has 0 amide bonds. The molecule has 0 aliphatic carbocycles. The molecule has 0 saturated heterocycles. The minimum Gasteiger partial charge on any atom is -0.565 e. The van der Waals surface area contributed by atoms with Gasteiger partial charge in [0.25, 0.3) is 0 Å². The smallest absolute Gasteiger partial charge is 0.249 e. The van der Waals surface area contributed by atoms with Crippen LogP contribution in [0, 0.1) is 0 Å². The maximum atomic E-state index is 8.44. The number of hydrogen-bond acceptors (Lipinski definition) is 2.